The van der Waals surface area contributed by atoms with E-state index in [-0.39, 0.29) is 23.8 Å². The molecule has 1 heterocycles. The average molecular weight is 761 g/mol. The van der Waals surface area contributed by atoms with Crippen LogP contribution in [0.3, 0.4) is 0 Å². The molecule has 0 radical (unpaired) electrons. The third-order valence-corrected chi connectivity index (χ3v) is 10.9. The maximum absolute atomic E-state index is 13.3. The second-order valence-corrected chi connectivity index (χ2v) is 16.4. The van der Waals surface area contributed by atoms with Gasteiger partial charge in [0.15, 0.2) is 0 Å². The summed E-state index contributed by atoms with van der Waals surface area (Å²) in [6.45, 7) is 14.1. The lowest BCUT2D eigenvalue weighted by Gasteiger charge is -2.22. The standard InChI is InChI=1S/C46H88N4O4/c1-7-11-15-19-21-25-31-43(29-23-17-13-9-3)45(51)53-37-27-33-49(40-42-39-47-50(41-42)36-35-48(5)6)34-28-38-54-46(52)44(30-24-18-14-10-4)32-26-22-20-16-12-8-2/h39,41,43-44H,7-38,40H2,1-6H3. The van der Waals surface area contributed by atoms with Crippen molar-refractivity contribution in [3.8, 4) is 0 Å². The summed E-state index contributed by atoms with van der Waals surface area (Å²) in [5, 5.41) is 4.61. The minimum Gasteiger partial charge on any atom is -0.465 e. The van der Waals surface area contributed by atoms with Crippen LogP contribution in [0.4, 0.5) is 0 Å². The zero-order valence-corrected chi connectivity index (χ0v) is 36.6. The van der Waals surface area contributed by atoms with Crippen molar-refractivity contribution in [3.63, 3.8) is 0 Å². The summed E-state index contributed by atoms with van der Waals surface area (Å²) < 4.78 is 13.9. The van der Waals surface area contributed by atoms with Gasteiger partial charge in [-0.05, 0) is 52.6 Å². The van der Waals surface area contributed by atoms with Gasteiger partial charge < -0.3 is 14.4 Å². The van der Waals surface area contributed by atoms with E-state index in [9.17, 15) is 9.59 Å². The molecule has 1 aromatic heterocycles. The molecule has 54 heavy (non-hydrogen) atoms. The molecular weight excluding hydrogens is 673 g/mol. The number of aromatic nitrogens is 2. The predicted molar refractivity (Wildman–Crippen MR) is 228 cm³/mol. The molecule has 316 valence electrons. The molecule has 0 bridgehead atoms. The van der Waals surface area contributed by atoms with Gasteiger partial charge >= 0.3 is 11.9 Å². The van der Waals surface area contributed by atoms with E-state index in [0.29, 0.717) is 13.2 Å². The third-order valence-electron chi connectivity index (χ3n) is 10.9. The fourth-order valence-electron chi connectivity index (χ4n) is 7.34. The SMILES string of the molecule is CCCCCCCCC(CCCCCC)C(=O)OCCCN(CCCOC(=O)C(CCCCCC)CCCCCCCC)Cc1cnn(CCN(C)C)c1. The van der Waals surface area contributed by atoms with E-state index < -0.39 is 0 Å². The number of nitrogens with zero attached hydrogens (tertiary/aromatic N) is 4. The van der Waals surface area contributed by atoms with Gasteiger partial charge in [-0.3, -0.25) is 19.2 Å². The molecular formula is C46H88N4O4. The van der Waals surface area contributed by atoms with E-state index in [2.05, 4.69) is 62.9 Å². The van der Waals surface area contributed by atoms with Crippen molar-refractivity contribution in [3.05, 3.63) is 18.0 Å². The number of hydrogen-bond donors (Lipinski definition) is 0. The Morgan fingerprint density at radius 1 is 0.574 bits per heavy atom. The first-order valence-corrected chi connectivity index (χ1v) is 23.1. The van der Waals surface area contributed by atoms with Crippen molar-refractivity contribution < 1.29 is 19.1 Å². The van der Waals surface area contributed by atoms with Gasteiger partial charge in [-0.25, -0.2) is 0 Å². The van der Waals surface area contributed by atoms with E-state index in [0.717, 1.165) is 96.9 Å². The summed E-state index contributed by atoms with van der Waals surface area (Å²) >= 11 is 0. The van der Waals surface area contributed by atoms with Gasteiger partial charge in [0, 0.05) is 37.9 Å². The zero-order valence-electron chi connectivity index (χ0n) is 36.6. The molecule has 0 aliphatic carbocycles. The number of esters is 2. The lowest BCUT2D eigenvalue weighted by molar-refractivity contribution is -0.150. The van der Waals surface area contributed by atoms with Gasteiger partial charge in [0.1, 0.15) is 0 Å². The van der Waals surface area contributed by atoms with Crippen LogP contribution in [0.5, 0.6) is 0 Å². The fraction of sp³-hybridized carbons (Fsp3) is 0.891. The van der Waals surface area contributed by atoms with Crippen molar-refractivity contribution in [2.24, 2.45) is 11.8 Å². The molecule has 2 atom stereocenters. The van der Waals surface area contributed by atoms with Crippen molar-refractivity contribution in [2.45, 2.75) is 208 Å². The Morgan fingerprint density at radius 2 is 0.963 bits per heavy atom. The smallest absolute Gasteiger partial charge is 0.308 e. The maximum Gasteiger partial charge on any atom is 0.308 e. The fourth-order valence-corrected chi connectivity index (χ4v) is 7.34. The second-order valence-electron chi connectivity index (χ2n) is 16.4. The average Bonchev–Trinajstić information content (AvgIpc) is 3.62. The summed E-state index contributed by atoms with van der Waals surface area (Å²) in [4.78, 5) is 31.1. The maximum atomic E-state index is 13.3. The Balaban J connectivity index is 2.73. The van der Waals surface area contributed by atoms with E-state index in [4.69, 9.17) is 9.47 Å². The van der Waals surface area contributed by atoms with Crippen LogP contribution in [0.1, 0.15) is 200 Å². The Hall–Kier alpha value is -1.93. The Morgan fingerprint density at radius 3 is 1.37 bits per heavy atom. The Kier molecular flexibility index (Phi) is 32.9. The van der Waals surface area contributed by atoms with E-state index in [1.54, 1.807) is 0 Å². The van der Waals surface area contributed by atoms with Crippen molar-refractivity contribution >= 4 is 11.9 Å². The lowest BCUT2D eigenvalue weighted by atomic mass is 9.94. The van der Waals surface area contributed by atoms with Crippen LogP contribution in [-0.2, 0) is 32.2 Å². The van der Waals surface area contributed by atoms with Crippen molar-refractivity contribution in [1.29, 1.82) is 0 Å². The van der Waals surface area contributed by atoms with Gasteiger partial charge in [0.05, 0.1) is 37.8 Å². The molecule has 0 N–H and O–H groups in total. The number of carbonyl (C=O) groups excluding carboxylic acids is 2. The van der Waals surface area contributed by atoms with Gasteiger partial charge in [-0.1, -0.05) is 156 Å². The van der Waals surface area contributed by atoms with Crippen LogP contribution in [0, 0.1) is 11.8 Å². The summed E-state index contributed by atoms with van der Waals surface area (Å²) in [5.41, 5.74) is 1.18. The van der Waals surface area contributed by atoms with E-state index in [1.165, 1.54) is 108 Å². The quantitative estimate of drug-likeness (QED) is 0.0488. The molecule has 1 aromatic rings. The molecule has 0 aromatic carbocycles. The largest absolute Gasteiger partial charge is 0.465 e. The molecule has 0 saturated carbocycles. The van der Waals surface area contributed by atoms with Crippen LogP contribution in [0.2, 0.25) is 0 Å². The summed E-state index contributed by atoms with van der Waals surface area (Å²) in [6.07, 6.45) is 34.0. The summed E-state index contributed by atoms with van der Waals surface area (Å²) in [6, 6.07) is 0. The zero-order chi connectivity index (χ0) is 39.5. The molecule has 0 aliphatic rings. The molecule has 2 unspecified atom stereocenters. The Bertz CT molecular complexity index is 947. The molecule has 1 rings (SSSR count). The van der Waals surface area contributed by atoms with Crippen LogP contribution >= 0.6 is 0 Å². The summed E-state index contributed by atoms with van der Waals surface area (Å²) in [5.74, 6) is 0.0727. The number of unbranched alkanes of at least 4 members (excludes halogenated alkanes) is 16. The molecule has 0 aliphatic heterocycles. The molecule has 0 saturated heterocycles. The highest BCUT2D eigenvalue weighted by Crippen LogP contribution is 2.22. The predicted octanol–water partition coefficient (Wildman–Crippen LogP) is 11.8. The highest BCUT2D eigenvalue weighted by molar-refractivity contribution is 5.72. The first-order valence-electron chi connectivity index (χ1n) is 23.1. The number of hydrogen-bond acceptors (Lipinski definition) is 7. The van der Waals surface area contributed by atoms with E-state index in [1.807, 2.05) is 10.9 Å². The first-order chi connectivity index (χ1) is 26.3. The molecule has 8 nitrogen and oxygen atoms in total. The van der Waals surface area contributed by atoms with Crippen LogP contribution in [0.25, 0.3) is 0 Å². The van der Waals surface area contributed by atoms with Crippen LogP contribution < -0.4 is 0 Å². The normalized spacial score (nSPS) is 12.8. The molecule has 0 fully saturated rings. The van der Waals surface area contributed by atoms with Crippen LogP contribution in [0.15, 0.2) is 12.4 Å². The lowest BCUT2D eigenvalue weighted by Crippen LogP contribution is -2.28. The van der Waals surface area contributed by atoms with Crippen molar-refractivity contribution in [2.75, 3.05) is 46.9 Å². The summed E-state index contributed by atoms with van der Waals surface area (Å²) in [7, 11) is 4.16. The van der Waals surface area contributed by atoms with E-state index >= 15 is 0 Å². The van der Waals surface area contributed by atoms with Crippen molar-refractivity contribution in [1.82, 2.24) is 19.6 Å². The topological polar surface area (TPSA) is 76.9 Å². The first kappa shape index (κ1) is 50.1. The minimum absolute atomic E-state index is 0.00546. The number of carbonyl (C=O) groups is 2. The third kappa shape index (κ3) is 27.6. The minimum atomic E-state index is 0.00546. The van der Waals surface area contributed by atoms with Gasteiger partial charge in [0.2, 0.25) is 0 Å². The van der Waals surface area contributed by atoms with Gasteiger partial charge in [-0.2, -0.15) is 5.10 Å². The van der Waals surface area contributed by atoms with Gasteiger partial charge in [0.25, 0.3) is 0 Å². The van der Waals surface area contributed by atoms with Gasteiger partial charge in [-0.15, -0.1) is 0 Å². The monoisotopic (exact) mass is 761 g/mol. The number of rotatable bonds is 39. The molecule has 8 heteroatoms. The number of likely N-dealkylation sites (N-methyl/N-ethyl adjacent to an activating group) is 1. The van der Waals surface area contributed by atoms with Crippen LogP contribution in [-0.4, -0.2) is 78.5 Å². The molecule has 0 spiro atoms. The Labute approximate surface area is 334 Å². The highest BCUT2D eigenvalue weighted by Gasteiger charge is 2.21. The number of ether oxygens (including phenoxy) is 2. The highest BCUT2D eigenvalue weighted by atomic mass is 16.5. The second kappa shape index (κ2) is 35.5. The molecule has 0 amide bonds.